The summed E-state index contributed by atoms with van der Waals surface area (Å²) in [5.74, 6) is -1.32. The number of aryl methyl sites for hydroxylation is 1. The summed E-state index contributed by atoms with van der Waals surface area (Å²) in [7, 11) is 3.86. The van der Waals surface area contributed by atoms with Crippen molar-refractivity contribution in [1.82, 2.24) is 9.88 Å². The summed E-state index contributed by atoms with van der Waals surface area (Å²) in [6.45, 7) is 6.33. The average molecular weight is 485 g/mol. The van der Waals surface area contributed by atoms with E-state index in [0.29, 0.717) is 24.1 Å². The molecule has 0 fully saturated rings. The first-order chi connectivity index (χ1) is 16.6. The number of nitrogens with two attached hydrogens (primary N) is 2. The average Bonchev–Trinajstić information content (AvgIpc) is 2.82. The summed E-state index contributed by atoms with van der Waals surface area (Å²) in [4.78, 5) is 45.2. The first-order valence-corrected chi connectivity index (χ1v) is 11.5. The summed E-state index contributed by atoms with van der Waals surface area (Å²) in [5.41, 5.74) is 12.7. The Morgan fingerprint density at radius 1 is 1.06 bits per heavy atom. The highest BCUT2D eigenvalue weighted by atomic mass is 16.5. The lowest BCUT2D eigenvalue weighted by molar-refractivity contribution is 0.0489. The number of carbonyl (C=O) groups excluding carboxylic acids is 2. The van der Waals surface area contributed by atoms with Crippen molar-refractivity contribution in [1.29, 1.82) is 0 Å². The molecule has 0 unspecified atom stereocenters. The molecule has 1 aliphatic heterocycles. The normalized spacial score (nSPS) is 11.4. The fraction of sp³-hybridized carbons (Fsp3) is 0.440. The van der Waals surface area contributed by atoms with E-state index in [1.165, 1.54) is 13.0 Å². The third-order valence-corrected chi connectivity index (χ3v) is 5.76. The predicted octanol–water partition coefficient (Wildman–Crippen LogP) is 3.14. The quantitative estimate of drug-likeness (QED) is 0.200. The smallest absolute Gasteiger partial charge is 0.342 e. The summed E-state index contributed by atoms with van der Waals surface area (Å²) >= 11 is 0. The zero-order chi connectivity index (χ0) is 25.9. The molecule has 0 aromatic heterocycles. The Balaban J connectivity index is 2.21. The molecule has 0 spiro atoms. The van der Waals surface area contributed by atoms with Gasteiger partial charge in [0.1, 0.15) is 16.8 Å². The van der Waals surface area contributed by atoms with Crippen LogP contribution in [0.5, 0.6) is 0 Å². The molecule has 0 saturated heterocycles. The van der Waals surface area contributed by atoms with E-state index >= 15 is 0 Å². The number of nitrogens with zero attached hydrogens (tertiary/aromatic N) is 2. The molecule has 35 heavy (non-hydrogen) atoms. The number of carbonyl (C=O) groups is 2. The number of anilines is 2. The highest BCUT2D eigenvalue weighted by molar-refractivity contribution is 6.07. The number of unbranched alkanes of at least 4 members (excludes halogenated alkanes) is 1. The van der Waals surface area contributed by atoms with Gasteiger partial charge < -0.3 is 30.3 Å². The molecule has 0 atom stereocenters. The van der Waals surface area contributed by atoms with Crippen molar-refractivity contribution in [2.24, 2.45) is 0 Å². The summed E-state index contributed by atoms with van der Waals surface area (Å²) in [6, 6.07) is 1.47. The van der Waals surface area contributed by atoms with Crippen molar-refractivity contribution in [3.8, 4) is 11.5 Å². The van der Waals surface area contributed by atoms with Crippen LogP contribution in [0.25, 0.3) is 22.6 Å². The molecule has 1 heterocycles. The van der Waals surface area contributed by atoms with Crippen LogP contribution in [0.4, 0.5) is 11.4 Å². The number of esters is 2. The Kier molecular flexibility index (Phi) is 7.96. The van der Waals surface area contributed by atoms with Gasteiger partial charge in [0.15, 0.2) is 11.3 Å². The molecule has 4 N–H and O–H groups in total. The second kappa shape index (κ2) is 10.7. The van der Waals surface area contributed by atoms with Crippen molar-refractivity contribution >= 4 is 34.4 Å². The molecular formula is C25H32N4O6. The topological polar surface area (TPSA) is 151 Å². The van der Waals surface area contributed by atoms with Crippen molar-refractivity contribution in [2.75, 3.05) is 45.3 Å². The van der Waals surface area contributed by atoms with Crippen LogP contribution in [0.3, 0.4) is 0 Å². The number of rotatable bonds is 9. The van der Waals surface area contributed by atoms with E-state index in [4.69, 9.17) is 25.4 Å². The largest absolute Gasteiger partial charge is 0.462 e. The predicted molar refractivity (Wildman–Crippen MR) is 134 cm³/mol. The molecule has 1 aromatic carbocycles. The van der Waals surface area contributed by atoms with E-state index in [9.17, 15) is 14.4 Å². The fourth-order valence-electron chi connectivity index (χ4n) is 3.65. The van der Waals surface area contributed by atoms with Gasteiger partial charge in [0.2, 0.25) is 5.43 Å². The number of hydrogen-bond acceptors (Lipinski definition) is 10. The second-order valence-electron chi connectivity index (χ2n) is 8.73. The van der Waals surface area contributed by atoms with E-state index in [1.54, 1.807) is 6.92 Å². The van der Waals surface area contributed by atoms with Gasteiger partial charge in [-0.25, -0.2) is 14.6 Å². The Labute approximate surface area is 203 Å². The number of nitrogen functional groups attached to an aromatic ring is 2. The number of hydrogen-bond donors (Lipinski definition) is 2. The van der Waals surface area contributed by atoms with E-state index in [1.807, 2.05) is 25.9 Å². The molecule has 188 valence electrons. The third kappa shape index (κ3) is 5.22. The van der Waals surface area contributed by atoms with Crippen LogP contribution in [-0.2, 0) is 9.47 Å². The Morgan fingerprint density at radius 3 is 2.37 bits per heavy atom. The fourth-order valence-corrected chi connectivity index (χ4v) is 3.65. The van der Waals surface area contributed by atoms with Gasteiger partial charge in [-0.2, -0.15) is 0 Å². The number of benzene rings is 2. The Hall–Kier alpha value is -3.66. The van der Waals surface area contributed by atoms with Gasteiger partial charge in [-0.15, -0.1) is 0 Å². The molecule has 0 bridgehead atoms. The van der Waals surface area contributed by atoms with E-state index in [-0.39, 0.29) is 58.1 Å². The summed E-state index contributed by atoms with van der Waals surface area (Å²) in [6.07, 6.45) is 2.13. The Bertz CT molecular complexity index is 1300. The first kappa shape index (κ1) is 26.0. The third-order valence-electron chi connectivity index (χ3n) is 5.76. The van der Waals surface area contributed by atoms with Crippen molar-refractivity contribution in [3.63, 3.8) is 0 Å². The van der Waals surface area contributed by atoms with E-state index in [2.05, 4.69) is 4.98 Å². The van der Waals surface area contributed by atoms with Crippen LogP contribution in [0, 0.1) is 13.8 Å². The number of aromatic nitrogens is 1. The lowest BCUT2D eigenvalue weighted by atomic mass is 10.00. The molecule has 1 aliphatic carbocycles. The number of ether oxygens (including phenoxy) is 2. The molecular weight excluding hydrogens is 452 g/mol. The first-order valence-electron chi connectivity index (χ1n) is 11.5. The van der Waals surface area contributed by atoms with Gasteiger partial charge in [-0.1, -0.05) is 13.3 Å². The van der Waals surface area contributed by atoms with E-state index < -0.39 is 17.4 Å². The summed E-state index contributed by atoms with van der Waals surface area (Å²) in [5, 5.41) is 0. The molecule has 0 radical (unpaired) electrons. The van der Waals surface area contributed by atoms with Crippen molar-refractivity contribution in [2.45, 2.75) is 40.0 Å². The Morgan fingerprint density at radius 2 is 1.71 bits per heavy atom. The van der Waals surface area contributed by atoms with Gasteiger partial charge in [-0.3, -0.25) is 4.79 Å². The monoisotopic (exact) mass is 484 g/mol. The molecule has 1 aromatic rings. The minimum atomic E-state index is -0.778. The van der Waals surface area contributed by atoms with Crippen LogP contribution in [0.1, 0.15) is 58.0 Å². The summed E-state index contributed by atoms with van der Waals surface area (Å²) < 4.78 is 16.8. The van der Waals surface area contributed by atoms with Crippen molar-refractivity contribution in [3.05, 3.63) is 38.5 Å². The van der Waals surface area contributed by atoms with Crippen LogP contribution < -0.4 is 16.9 Å². The minimum Gasteiger partial charge on any atom is -0.462 e. The molecule has 10 heteroatoms. The molecule has 0 amide bonds. The van der Waals surface area contributed by atoms with Gasteiger partial charge in [0.25, 0.3) is 0 Å². The maximum absolute atomic E-state index is 12.9. The zero-order valence-corrected chi connectivity index (χ0v) is 20.8. The van der Waals surface area contributed by atoms with Crippen LogP contribution in [-0.4, -0.2) is 55.7 Å². The molecule has 0 saturated carbocycles. The molecule has 10 nitrogen and oxygen atoms in total. The van der Waals surface area contributed by atoms with Gasteiger partial charge in [0.05, 0.1) is 24.5 Å². The zero-order valence-electron chi connectivity index (χ0n) is 20.8. The van der Waals surface area contributed by atoms with Crippen LogP contribution in [0.2, 0.25) is 0 Å². The highest BCUT2D eigenvalue weighted by Crippen LogP contribution is 2.36. The molecule has 2 aliphatic rings. The van der Waals surface area contributed by atoms with Crippen LogP contribution in [0.15, 0.2) is 15.3 Å². The highest BCUT2D eigenvalue weighted by Gasteiger charge is 2.30. The van der Waals surface area contributed by atoms with Gasteiger partial charge in [-0.05, 0) is 46.9 Å². The SMILES string of the molecule is CCCCOC(=O)c1c2nc3c(C(=O)OCCCN(C)C)cc(N)c(C)c3oc-2c(C)c(=O)c1N. The lowest BCUT2D eigenvalue weighted by Gasteiger charge is -2.17. The van der Waals surface area contributed by atoms with Gasteiger partial charge >= 0.3 is 11.9 Å². The maximum Gasteiger partial charge on any atom is 0.342 e. The molecule has 3 rings (SSSR count). The van der Waals surface area contributed by atoms with Gasteiger partial charge in [0, 0.05) is 23.4 Å². The standard InChI is InChI=1S/C25H32N4O6/c1-6-7-10-34-25(32)17-18(27)21(30)14(3)23-20(17)28-19-15(12-16(26)13(2)22(19)35-23)24(31)33-11-8-9-29(4)5/h12H,6-11,26-27H2,1-5H3. The maximum atomic E-state index is 12.9. The van der Waals surface area contributed by atoms with Crippen LogP contribution >= 0.6 is 0 Å². The minimum absolute atomic E-state index is 0.0411. The lowest BCUT2D eigenvalue weighted by Crippen LogP contribution is -2.22. The second-order valence-corrected chi connectivity index (χ2v) is 8.73. The number of fused-ring (bicyclic) bond motifs is 2. The van der Waals surface area contributed by atoms with Crippen molar-refractivity contribution < 1.29 is 23.5 Å². The van der Waals surface area contributed by atoms with E-state index in [0.717, 1.165) is 13.0 Å².